The van der Waals surface area contributed by atoms with Crippen molar-refractivity contribution in [3.05, 3.63) is 65.0 Å². The van der Waals surface area contributed by atoms with E-state index in [1.165, 1.54) is 6.07 Å². The molecule has 4 rings (SSSR count). The van der Waals surface area contributed by atoms with Gasteiger partial charge in [-0.15, -0.1) is 10.2 Å². The second-order valence-corrected chi connectivity index (χ2v) is 6.46. The molecule has 2 aromatic carbocycles. The van der Waals surface area contributed by atoms with Gasteiger partial charge in [0.25, 0.3) is 0 Å². The summed E-state index contributed by atoms with van der Waals surface area (Å²) in [5.74, 6) is -1.38. The van der Waals surface area contributed by atoms with Gasteiger partial charge in [0.05, 0.1) is 11.1 Å². The van der Waals surface area contributed by atoms with Crippen LogP contribution in [0, 0.1) is 11.6 Å². The highest BCUT2D eigenvalue weighted by Gasteiger charge is 2.32. The maximum atomic E-state index is 14.3. The van der Waals surface area contributed by atoms with Crippen LogP contribution in [0.25, 0.3) is 11.0 Å². The van der Waals surface area contributed by atoms with E-state index in [0.717, 1.165) is 6.07 Å². The summed E-state index contributed by atoms with van der Waals surface area (Å²) in [6.07, 6.45) is 0.316. The van der Waals surface area contributed by atoms with Crippen molar-refractivity contribution < 1.29 is 8.78 Å². The Morgan fingerprint density at radius 1 is 0.958 bits per heavy atom. The van der Waals surface area contributed by atoms with Gasteiger partial charge in [0, 0.05) is 17.5 Å². The average Bonchev–Trinajstić information content (AvgIpc) is 2.57. The second-order valence-electron chi connectivity index (χ2n) is 6.46. The number of hydrogen-bond acceptors (Lipinski definition) is 4. The maximum Gasteiger partial charge on any atom is 0.201 e. The number of fused-ring (bicyclic) bond motifs is 2. The Morgan fingerprint density at radius 2 is 1.71 bits per heavy atom. The molecule has 120 valence electrons. The van der Waals surface area contributed by atoms with Gasteiger partial charge in [0.15, 0.2) is 11.6 Å². The van der Waals surface area contributed by atoms with Crippen LogP contribution in [-0.2, 0) is 6.42 Å². The summed E-state index contributed by atoms with van der Waals surface area (Å²) < 4.78 is 27.9. The van der Waals surface area contributed by atoms with Crippen molar-refractivity contribution in [2.45, 2.75) is 25.8 Å². The van der Waals surface area contributed by atoms with Gasteiger partial charge in [-0.3, -0.25) is 4.99 Å². The number of hydrogen-bond donors (Lipinski definition) is 0. The minimum Gasteiger partial charge on any atom is -0.274 e. The van der Waals surface area contributed by atoms with Crippen LogP contribution in [-0.4, -0.2) is 26.4 Å². The van der Waals surface area contributed by atoms with Crippen molar-refractivity contribution in [1.82, 2.24) is 15.2 Å². The van der Waals surface area contributed by atoms with E-state index in [1.807, 2.05) is 38.1 Å². The third-order valence-corrected chi connectivity index (χ3v) is 4.05. The second kappa shape index (κ2) is 5.12. The zero-order valence-electron chi connectivity index (χ0n) is 13.2. The Balaban J connectivity index is 1.95. The molecular formula is C18H14F2N4. The number of nitrogens with zero attached hydrogens (tertiary/aromatic N) is 4. The van der Waals surface area contributed by atoms with Gasteiger partial charge >= 0.3 is 0 Å². The van der Waals surface area contributed by atoms with Crippen LogP contribution < -0.4 is 0 Å². The van der Waals surface area contributed by atoms with E-state index in [9.17, 15) is 8.78 Å². The van der Waals surface area contributed by atoms with Crippen LogP contribution in [0.3, 0.4) is 0 Å². The van der Waals surface area contributed by atoms with Gasteiger partial charge in [-0.2, -0.15) is 0 Å². The van der Waals surface area contributed by atoms with Crippen molar-refractivity contribution in [3.63, 3.8) is 0 Å². The van der Waals surface area contributed by atoms with E-state index in [-0.39, 0.29) is 0 Å². The molecule has 0 aliphatic carbocycles. The van der Waals surface area contributed by atoms with Crippen LogP contribution in [0.15, 0.2) is 41.4 Å². The first-order valence-corrected chi connectivity index (χ1v) is 7.61. The lowest BCUT2D eigenvalue weighted by Crippen LogP contribution is -2.31. The summed E-state index contributed by atoms with van der Waals surface area (Å²) in [4.78, 5) is 9.16. The summed E-state index contributed by atoms with van der Waals surface area (Å²) in [5, 5.41) is 8.29. The molecule has 0 atom stereocenters. The zero-order chi connectivity index (χ0) is 16.9. The van der Waals surface area contributed by atoms with Gasteiger partial charge in [-0.05, 0) is 38.1 Å². The molecule has 6 heteroatoms. The number of aromatic nitrogens is 3. The van der Waals surface area contributed by atoms with Gasteiger partial charge < -0.3 is 0 Å². The Hall–Kier alpha value is -2.76. The molecule has 0 saturated carbocycles. The smallest absolute Gasteiger partial charge is 0.201 e. The molecule has 0 bridgehead atoms. The fourth-order valence-electron chi connectivity index (χ4n) is 2.97. The summed E-state index contributed by atoms with van der Waals surface area (Å²) in [6.45, 7) is 3.74. The Kier molecular flexibility index (Phi) is 3.16. The topological polar surface area (TPSA) is 51.0 Å². The molecule has 0 unspecified atom stereocenters. The molecule has 0 spiro atoms. The van der Waals surface area contributed by atoms with Gasteiger partial charge in [-0.25, -0.2) is 13.8 Å². The first-order chi connectivity index (χ1) is 11.4. The third kappa shape index (κ3) is 2.35. The molecule has 0 fully saturated rings. The summed E-state index contributed by atoms with van der Waals surface area (Å²) in [5.41, 5.74) is 2.04. The molecule has 0 radical (unpaired) electrons. The van der Waals surface area contributed by atoms with Crippen molar-refractivity contribution in [2.24, 2.45) is 4.99 Å². The summed E-state index contributed by atoms with van der Waals surface area (Å²) >= 11 is 0. The number of benzene rings is 2. The predicted octanol–water partition coefficient (Wildman–Crippen LogP) is 3.48. The molecule has 1 aromatic heterocycles. The normalized spacial score (nSPS) is 15.9. The summed E-state index contributed by atoms with van der Waals surface area (Å²) in [6, 6.07) is 9.99. The van der Waals surface area contributed by atoms with Gasteiger partial charge in [-0.1, -0.05) is 12.1 Å². The zero-order valence-corrected chi connectivity index (χ0v) is 13.2. The highest BCUT2D eigenvalue weighted by atomic mass is 19.2. The van der Waals surface area contributed by atoms with Gasteiger partial charge in [0.2, 0.25) is 5.82 Å². The fraction of sp³-hybridized carbons (Fsp3) is 0.222. The van der Waals surface area contributed by atoms with E-state index in [1.54, 1.807) is 0 Å². The number of rotatable bonds is 1. The summed E-state index contributed by atoms with van der Waals surface area (Å²) in [7, 11) is 0. The molecule has 0 N–H and O–H groups in total. The van der Waals surface area contributed by atoms with E-state index < -0.39 is 17.2 Å². The number of para-hydroxylation sites is 1. The fourth-order valence-corrected chi connectivity index (χ4v) is 2.97. The van der Waals surface area contributed by atoms with Crippen LogP contribution in [0.5, 0.6) is 0 Å². The van der Waals surface area contributed by atoms with E-state index >= 15 is 0 Å². The lowest BCUT2D eigenvalue weighted by atomic mass is 9.86. The lowest BCUT2D eigenvalue weighted by Gasteiger charge is -2.28. The highest BCUT2D eigenvalue weighted by Crippen LogP contribution is 2.31. The Morgan fingerprint density at radius 3 is 2.50 bits per heavy atom. The Bertz CT molecular complexity index is 995. The minimum atomic E-state index is -0.858. The first kappa shape index (κ1) is 14.8. The molecule has 24 heavy (non-hydrogen) atoms. The largest absolute Gasteiger partial charge is 0.274 e. The highest BCUT2D eigenvalue weighted by molar-refractivity contribution is 6.12. The molecule has 1 aliphatic rings. The molecule has 3 aromatic rings. The molecular weight excluding hydrogens is 310 g/mol. The van der Waals surface area contributed by atoms with Gasteiger partial charge in [0.1, 0.15) is 11.2 Å². The quantitative estimate of drug-likeness (QED) is 0.688. The number of halogens is 2. The van der Waals surface area contributed by atoms with Crippen molar-refractivity contribution >= 4 is 16.7 Å². The van der Waals surface area contributed by atoms with Crippen molar-refractivity contribution in [1.29, 1.82) is 0 Å². The predicted molar refractivity (Wildman–Crippen MR) is 87.1 cm³/mol. The van der Waals surface area contributed by atoms with Crippen LogP contribution in [0.1, 0.15) is 30.8 Å². The SMILES string of the molecule is CC1(C)Cc2c(ccc(F)c2F)C(c2nnc3ccccc3n2)=N1. The average molecular weight is 324 g/mol. The monoisotopic (exact) mass is 324 g/mol. The van der Waals surface area contributed by atoms with E-state index in [2.05, 4.69) is 20.2 Å². The van der Waals surface area contributed by atoms with E-state index in [0.29, 0.717) is 40.1 Å². The molecule has 2 heterocycles. The number of aliphatic imine (C=N–C) groups is 1. The maximum absolute atomic E-state index is 14.3. The molecule has 1 aliphatic heterocycles. The van der Waals surface area contributed by atoms with Crippen molar-refractivity contribution in [3.8, 4) is 0 Å². The molecule has 0 amide bonds. The van der Waals surface area contributed by atoms with Crippen LogP contribution in [0.2, 0.25) is 0 Å². The van der Waals surface area contributed by atoms with Crippen LogP contribution >= 0.6 is 0 Å². The van der Waals surface area contributed by atoms with E-state index in [4.69, 9.17) is 0 Å². The molecule has 4 nitrogen and oxygen atoms in total. The standard InChI is InChI=1S/C18H14F2N4/c1-18(2)9-11-10(7-8-12(19)15(11)20)16(22-18)17-21-13-5-3-4-6-14(13)23-24-17/h3-8H,9H2,1-2H3. The van der Waals surface area contributed by atoms with Crippen molar-refractivity contribution in [2.75, 3.05) is 0 Å². The third-order valence-electron chi connectivity index (χ3n) is 4.05. The van der Waals surface area contributed by atoms with Crippen LogP contribution in [0.4, 0.5) is 8.78 Å². The molecule has 0 saturated heterocycles. The Labute approximate surface area is 137 Å². The first-order valence-electron chi connectivity index (χ1n) is 7.61. The minimum absolute atomic E-state index is 0.307. The lowest BCUT2D eigenvalue weighted by molar-refractivity contribution is 0.462.